The minimum Gasteiger partial charge on any atom is -0.372 e. The Labute approximate surface area is 135 Å². The predicted molar refractivity (Wildman–Crippen MR) is 95.5 cm³/mol. The molecular weight excluding hydrogens is 280 g/mol. The Bertz CT molecular complexity index is 420. The van der Waals surface area contributed by atoms with E-state index in [1.54, 1.807) is 0 Å². The topological polar surface area (TPSA) is 15.3 Å². The third-order valence-corrected chi connectivity index (χ3v) is 4.45. The second-order valence-electron chi connectivity index (χ2n) is 5.93. The van der Waals surface area contributed by atoms with Gasteiger partial charge in [0.05, 0.1) is 0 Å². The maximum Gasteiger partial charge on any atom is 0.0474 e. The van der Waals surface area contributed by atoms with E-state index in [0.717, 1.165) is 31.1 Å². The van der Waals surface area contributed by atoms with Gasteiger partial charge in [-0.05, 0) is 50.4 Å². The van der Waals surface area contributed by atoms with Crippen LogP contribution >= 0.6 is 11.6 Å². The van der Waals surface area contributed by atoms with E-state index in [1.807, 2.05) is 0 Å². The normalized spacial score (nSPS) is 14.0. The number of hydrogen-bond acceptors (Lipinski definition) is 2. The molecule has 0 fully saturated rings. The molecule has 0 saturated carbocycles. The van der Waals surface area contributed by atoms with E-state index in [1.165, 1.54) is 17.7 Å². The second-order valence-corrected chi connectivity index (χ2v) is 6.34. The van der Waals surface area contributed by atoms with E-state index in [9.17, 15) is 0 Å². The molecule has 0 radical (unpaired) electrons. The Morgan fingerprint density at radius 2 is 1.90 bits per heavy atom. The van der Waals surface area contributed by atoms with Crippen LogP contribution in [0.3, 0.4) is 0 Å². The van der Waals surface area contributed by atoms with Crippen LogP contribution in [-0.2, 0) is 0 Å². The van der Waals surface area contributed by atoms with E-state index < -0.39 is 0 Å². The number of rotatable bonds is 9. The predicted octanol–water partition coefficient (Wildman–Crippen LogP) is 5.27. The molecule has 0 aliphatic rings. The van der Waals surface area contributed by atoms with Crippen LogP contribution in [0, 0.1) is 5.92 Å². The van der Waals surface area contributed by atoms with Gasteiger partial charge >= 0.3 is 0 Å². The third-order valence-electron chi connectivity index (χ3n) is 4.13. The fraction of sp³-hybridized carbons (Fsp3) is 0.667. The van der Waals surface area contributed by atoms with Crippen molar-refractivity contribution in [2.45, 2.75) is 53.5 Å². The maximum atomic E-state index is 6.51. The smallest absolute Gasteiger partial charge is 0.0474 e. The molecule has 1 aromatic carbocycles. The lowest BCUT2D eigenvalue weighted by atomic mass is 10.1. The van der Waals surface area contributed by atoms with E-state index in [4.69, 9.17) is 11.6 Å². The fourth-order valence-electron chi connectivity index (χ4n) is 2.46. The molecule has 2 unspecified atom stereocenters. The van der Waals surface area contributed by atoms with E-state index in [-0.39, 0.29) is 0 Å². The van der Waals surface area contributed by atoms with Crippen LogP contribution < -0.4 is 10.2 Å². The molecule has 2 atom stereocenters. The molecule has 1 N–H and O–H groups in total. The molecule has 0 spiro atoms. The molecule has 0 heterocycles. The largest absolute Gasteiger partial charge is 0.372 e. The van der Waals surface area contributed by atoms with Gasteiger partial charge in [-0.2, -0.15) is 0 Å². The van der Waals surface area contributed by atoms with Crippen molar-refractivity contribution in [3.8, 4) is 0 Å². The van der Waals surface area contributed by atoms with Gasteiger partial charge in [0.15, 0.2) is 0 Å². The van der Waals surface area contributed by atoms with Gasteiger partial charge in [-0.3, -0.25) is 0 Å². The summed E-state index contributed by atoms with van der Waals surface area (Å²) in [4.78, 5) is 2.41. The van der Waals surface area contributed by atoms with Gasteiger partial charge in [-0.15, -0.1) is 0 Å². The first-order chi connectivity index (χ1) is 10.0. The lowest BCUT2D eigenvalue weighted by molar-refractivity contribution is 0.547. The Hall–Kier alpha value is -0.730. The number of nitrogens with one attached hydrogen (secondary N) is 1. The maximum absolute atomic E-state index is 6.51. The number of nitrogens with zero attached hydrogens (tertiary/aromatic N) is 1. The molecule has 1 rings (SSSR count). The molecule has 2 nitrogen and oxygen atoms in total. The monoisotopic (exact) mass is 310 g/mol. The molecule has 1 aromatic rings. The number of halogens is 1. The minimum atomic E-state index is 0.302. The first-order valence-corrected chi connectivity index (χ1v) is 8.68. The summed E-state index contributed by atoms with van der Waals surface area (Å²) in [7, 11) is 0. The molecular formula is C18H31ClN2. The Kier molecular flexibility index (Phi) is 8.13. The molecule has 0 saturated heterocycles. The molecule has 0 bridgehead atoms. The van der Waals surface area contributed by atoms with Crippen molar-refractivity contribution < 1.29 is 0 Å². The summed E-state index contributed by atoms with van der Waals surface area (Å²) in [5.41, 5.74) is 2.42. The van der Waals surface area contributed by atoms with Crippen LogP contribution in [0.4, 0.5) is 5.69 Å². The van der Waals surface area contributed by atoms with Crippen LogP contribution in [0.2, 0.25) is 5.02 Å². The molecule has 0 amide bonds. The highest BCUT2D eigenvalue weighted by Gasteiger charge is 2.13. The summed E-state index contributed by atoms with van der Waals surface area (Å²) in [5.74, 6) is 0.702. The quantitative estimate of drug-likeness (QED) is 0.668. The standard InChI is InChI=1S/C18H31ClN2/c1-6-11-20-15(5)17-10-9-16(12-18(17)19)21(8-3)13-14(4)7-2/h9-10,12,14-15,20H,6-8,11,13H2,1-5H3. The molecule has 0 aliphatic carbocycles. The zero-order valence-electron chi connectivity index (χ0n) is 14.2. The van der Waals surface area contributed by atoms with Gasteiger partial charge in [-0.1, -0.05) is 44.9 Å². The van der Waals surface area contributed by atoms with Crippen LogP contribution in [0.25, 0.3) is 0 Å². The number of benzene rings is 1. The first-order valence-electron chi connectivity index (χ1n) is 8.31. The Morgan fingerprint density at radius 3 is 2.43 bits per heavy atom. The molecule has 120 valence electrons. The first kappa shape index (κ1) is 18.3. The van der Waals surface area contributed by atoms with Crippen LogP contribution in [0.1, 0.15) is 59.1 Å². The SMILES string of the molecule is CCCNC(C)c1ccc(N(CC)CC(C)CC)cc1Cl. The van der Waals surface area contributed by atoms with Gasteiger partial charge in [0.1, 0.15) is 0 Å². The van der Waals surface area contributed by atoms with E-state index in [2.05, 4.69) is 63.0 Å². The zero-order valence-corrected chi connectivity index (χ0v) is 15.0. The van der Waals surface area contributed by atoms with E-state index in [0.29, 0.717) is 12.0 Å². The van der Waals surface area contributed by atoms with Crippen molar-refractivity contribution in [2.75, 3.05) is 24.5 Å². The summed E-state index contributed by atoms with van der Waals surface area (Å²) in [6, 6.07) is 6.80. The van der Waals surface area contributed by atoms with Crippen LogP contribution in [0.5, 0.6) is 0 Å². The van der Waals surface area contributed by atoms with Gasteiger partial charge in [-0.25, -0.2) is 0 Å². The van der Waals surface area contributed by atoms with E-state index >= 15 is 0 Å². The van der Waals surface area contributed by atoms with Crippen LogP contribution in [0.15, 0.2) is 18.2 Å². The Balaban J connectivity index is 2.84. The van der Waals surface area contributed by atoms with Crippen molar-refractivity contribution in [2.24, 2.45) is 5.92 Å². The van der Waals surface area contributed by atoms with Crippen LogP contribution in [-0.4, -0.2) is 19.6 Å². The highest BCUT2D eigenvalue weighted by Crippen LogP contribution is 2.28. The summed E-state index contributed by atoms with van der Waals surface area (Å²) in [6.07, 6.45) is 2.35. The van der Waals surface area contributed by atoms with Gasteiger partial charge in [0.2, 0.25) is 0 Å². The average molecular weight is 311 g/mol. The van der Waals surface area contributed by atoms with Gasteiger partial charge in [0, 0.05) is 29.8 Å². The summed E-state index contributed by atoms with van der Waals surface area (Å²) < 4.78 is 0. The third kappa shape index (κ3) is 5.52. The molecule has 3 heteroatoms. The minimum absolute atomic E-state index is 0.302. The van der Waals surface area contributed by atoms with Crippen molar-refractivity contribution in [1.29, 1.82) is 0 Å². The molecule has 21 heavy (non-hydrogen) atoms. The highest BCUT2D eigenvalue weighted by molar-refractivity contribution is 6.31. The molecule has 0 aromatic heterocycles. The number of hydrogen-bond donors (Lipinski definition) is 1. The number of anilines is 1. The lowest BCUT2D eigenvalue weighted by Gasteiger charge is -2.27. The zero-order chi connectivity index (χ0) is 15.8. The van der Waals surface area contributed by atoms with Crippen molar-refractivity contribution in [3.63, 3.8) is 0 Å². The summed E-state index contributed by atoms with van der Waals surface area (Å²) in [6.45, 7) is 14.2. The van der Waals surface area contributed by atoms with Crippen molar-refractivity contribution in [1.82, 2.24) is 5.32 Å². The summed E-state index contributed by atoms with van der Waals surface area (Å²) >= 11 is 6.51. The molecule has 0 aliphatic heterocycles. The summed E-state index contributed by atoms with van der Waals surface area (Å²) in [5, 5.41) is 4.36. The van der Waals surface area contributed by atoms with Crippen molar-refractivity contribution in [3.05, 3.63) is 28.8 Å². The van der Waals surface area contributed by atoms with Gasteiger partial charge < -0.3 is 10.2 Å². The average Bonchev–Trinajstić information content (AvgIpc) is 2.49. The second kappa shape index (κ2) is 9.32. The lowest BCUT2D eigenvalue weighted by Crippen LogP contribution is -2.28. The highest BCUT2D eigenvalue weighted by atomic mass is 35.5. The Morgan fingerprint density at radius 1 is 1.19 bits per heavy atom. The fourth-order valence-corrected chi connectivity index (χ4v) is 2.80. The van der Waals surface area contributed by atoms with Crippen molar-refractivity contribution >= 4 is 17.3 Å². The van der Waals surface area contributed by atoms with Gasteiger partial charge in [0.25, 0.3) is 0 Å².